The van der Waals surface area contributed by atoms with Crippen LogP contribution >= 0.6 is 11.6 Å². The van der Waals surface area contributed by atoms with Gasteiger partial charge in [0.15, 0.2) is 0 Å². The van der Waals surface area contributed by atoms with Crippen LogP contribution in [0.3, 0.4) is 0 Å². The van der Waals surface area contributed by atoms with E-state index in [0.29, 0.717) is 35.6 Å². The van der Waals surface area contributed by atoms with Gasteiger partial charge in [0.2, 0.25) is 5.88 Å². The van der Waals surface area contributed by atoms with Crippen molar-refractivity contribution in [3.8, 4) is 11.6 Å². The number of nitrogens with zero attached hydrogens (tertiary/aromatic N) is 2. The molecule has 0 radical (unpaired) electrons. The average molecular weight is 307 g/mol. The Hall–Kier alpha value is -2.27. The molecule has 21 heavy (non-hydrogen) atoms. The van der Waals surface area contributed by atoms with E-state index in [1.54, 1.807) is 34.9 Å². The van der Waals surface area contributed by atoms with E-state index in [4.69, 9.17) is 21.1 Å². The van der Waals surface area contributed by atoms with Crippen molar-refractivity contribution >= 4 is 23.6 Å². The van der Waals surface area contributed by atoms with Gasteiger partial charge in [-0.15, -0.1) is 0 Å². The molecule has 0 amide bonds. The molecule has 0 spiro atoms. The molecular weight excluding hydrogens is 292 g/mol. The second-order valence-electron chi connectivity index (χ2n) is 4.21. The molecule has 2 rings (SSSR count). The Morgan fingerprint density at radius 1 is 1.43 bits per heavy atom. The fourth-order valence-corrected chi connectivity index (χ4v) is 1.90. The predicted molar refractivity (Wildman–Crippen MR) is 80.6 cm³/mol. The van der Waals surface area contributed by atoms with Gasteiger partial charge >= 0.3 is 5.97 Å². The summed E-state index contributed by atoms with van der Waals surface area (Å²) in [6, 6.07) is 7.09. The molecule has 0 bridgehead atoms. The summed E-state index contributed by atoms with van der Waals surface area (Å²) in [5, 5.41) is 0.656. The van der Waals surface area contributed by atoms with Crippen molar-refractivity contribution in [2.24, 2.45) is 0 Å². The number of hydrogen-bond donors (Lipinski definition) is 0. The van der Waals surface area contributed by atoms with Gasteiger partial charge < -0.3 is 9.47 Å². The average Bonchev–Trinajstić information content (AvgIpc) is 2.82. The van der Waals surface area contributed by atoms with E-state index in [0.717, 1.165) is 0 Å². The number of carbonyl (C=O) groups is 1. The summed E-state index contributed by atoms with van der Waals surface area (Å²) in [7, 11) is 0. The maximum absolute atomic E-state index is 11.1. The summed E-state index contributed by atoms with van der Waals surface area (Å²) >= 11 is 5.81. The number of rotatable bonds is 6. The first kappa shape index (κ1) is 15.1. The summed E-state index contributed by atoms with van der Waals surface area (Å²) in [5.41, 5.74) is 0. The van der Waals surface area contributed by atoms with Gasteiger partial charge in [-0.2, -0.15) is 0 Å². The van der Waals surface area contributed by atoms with Crippen molar-refractivity contribution in [3.63, 3.8) is 0 Å². The number of aromatic nitrogens is 2. The standard InChI is InChI=1S/C15H15ClN2O3/c1-3-14-17-10-15(21-11(2)19)18(14)8-9-20-13-6-4-12(16)5-7-13/h3-7,10H,1,8-9H2,2H3. The highest BCUT2D eigenvalue weighted by Gasteiger charge is 2.10. The van der Waals surface area contributed by atoms with Crippen LogP contribution in [0.25, 0.3) is 6.08 Å². The minimum absolute atomic E-state index is 0.372. The predicted octanol–water partition coefficient (Wildman–Crippen LogP) is 3.18. The van der Waals surface area contributed by atoms with Crippen molar-refractivity contribution in [2.45, 2.75) is 13.5 Å². The van der Waals surface area contributed by atoms with Gasteiger partial charge in [-0.1, -0.05) is 18.2 Å². The highest BCUT2D eigenvalue weighted by Crippen LogP contribution is 2.18. The summed E-state index contributed by atoms with van der Waals surface area (Å²) in [5.74, 6) is 1.31. The van der Waals surface area contributed by atoms with E-state index >= 15 is 0 Å². The maximum atomic E-state index is 11.1. The molecule has 1 aromatic heterocycles. The summed E-state index contributed by atoms with van der Waals surface area (Å²) in [6.45, 7) is 5.90. The second-order valence-corrected chi connectivity index (χ2v) is 4.64. The largest absolute Gasteiger partial charge is 0.492 e. The summed E-state index contributed by atoms with van der Waals surface area (Å²) in [4.78, 5) is 15.2. The van der Waals surface area contributed by atoms with Gasteiger partial charge in [0, 0.05) is 11.9 Å². The van der Waals surface area contributed by atoms with Gasteiger partial charge in [-0.3, -0.25) is 9.36 Å². The van der Waals surface area contributed by atoms with Crippen molar-refractivity contribution in [1.29, 1.82) is 0 Å². The second kappa shape index (κ2) is 6.95. The smallest absolute Gasteiger partial charge is 0.309 e. The third-order valence-corrected chi connectivity index (χ3v) is 2.93. The third kappa shape index (κ3) is 4.10. The first-order valence-electron chi connectivity index (χ1n) is 6.35. The summed E-state index contributed by atoms with van der Waals surface area (Å²) < 4.78 is 12.4. The number of imidazole rings is 1. The highest BCUT2D eigenvalue weighted by atomic mass is 35.5. The first-order valence-corrected chi connectivity index (χ1v) is 6.72. The third-order valence-electron chi connectivity index (χ3n) is 2.68. The Balaban J connectivity index is 2.01. The molecule has 1 aromatic carbocycles. The van der Waals surface area contributed by atoms with Crippen LogP contribution in [0.4, 0.5) is 0 Å². The molecule has 1 heterocycles. The zero-order valence-corrected chi connectivity index (χ0v) is 12.3. The number of esters is 1. The molecule has 5 nitrogen and oxygen atoms in total. The van der Waals surface area contributed by atoms with Crippen molar-refractivity contribution in [2.75, 3.05) is 6.61 Å². The van der Waals surface area contributed by atoms with Gasteiger partial charge in [0.1, 0.15) is 18.2 Å². The molecule has 0 atom stereocenters. The minimum Gasteiger partial charge on any atom is -0.492 e. The molecular formula is C15H15ClN2O3. The molecule has 0 aliphatic carbocycles. The van der Waals surface area contributed by atoms with E-state index in [1.807, 2.05) is 0 Å². The Labute approximate surface area is 127 Å². The molecule has 6 heteroatoms. The van der Waals surface area contributed by atoms with E-state index < -0.39 is 5.97 Å². The molecule has 0 saturated heterocycles. The number of hydrogen-bond acceptors (Lipinski definition) is 4. The van der Waals surface area contributed by atoms with E-state index in [1.165, 1.54) is 13.1 Å². The fraction of sp³-hybridized carbons (Fsp3) is 0.200. The van der Waals surface area contributed by atoms with E-state index in [2.05, 4.69) is 11.6 Å². The maximum Gasteiger partial charge on any atom is 0.309 e. The SMILES string of the molecule is C=Cc1ncc(OC(C)=O)n1CCOc1ccc(Cl)cc1. The van der Waals surface area contributed by atoms with Gasteiger partial charge in [0.25, 0.3) is 0 Å². The molecule has 0 saturated carbocycles. The Bertz CT molecular complexity index is 635. The number of carbonyl (C=O) groups excluding carboxylic acids is 1. The topological polar surface area (TPSA) is 53.3 Å². The van der Waals surface area contributed by atoms with Gasteiger partial charge in [-0.25, -0.2) is 4.98 Å². The van der Waals surface area contributed by atoms with Crippen LogP contribution in [-0.4, -0.2) is 22.1 Å². The Kier molecular flexibility index (Phi) is 5.00. The number of ether oxygens (including phenoxy) is 2. The molecule has 2 aromatic rings. The number of halogens is 1. The van der Waals surface area contributed by atoms with Gasteiger partial charge in [0.05, 0.1) is 12.7 Å². The zero-order valence-electron chi connectivity index (χ0n) is 11.6. The molecule has 0 N–H and O–H groups in total. The Morgan fingerprint density at radius 3 is 2.76 bits per heavy atom. The van der Waals surface area contributed by atoms with Crippen LogP contribution in [0.15, 0.2) is 37.0 Å². The van der Waals surface area contributed by atoms with Crippen molar-refractivity contribution in [1.82, 2.24) is 9.55 Å². The highest BCUT2D eigenvalue weighted by molar-refractivity contribution is 6.30. The Morgan fingerprint density at radius 2 is 2.14 bits per heavy atom. The van der Waals surface area contributed by atoms with Crippen LogP contribution in [0.2, 0.25) is 5.02 Å². The van der Waals surface area contributed by atoms with Crippen molar-refractivity contribution in [3.05, 3.63) is 47.9 Å². The van der Waals surface area contributed by atoms with E-state index in [9.17, 15) is 4.79 Å². The van der Waals surface area contributed by atoms with Crippen LogP contribution in [0, 0.1) is 0 Å². The van der Waals surface area contributed by atoms with Crippen molar-refractivity contribution < 1.29 is 14.3 Å². The van der Waals surface area contributed by atoms with Crippen LogP contribution in [-0.2, 0) is 11.3 Å². The monoisotopic (exact) mass is 306 g/mol. The lowest BCUT2D eigenvalue weighted by molar-refractivity contribution is -0.132. The molecule has 0 fully saturated rings. The molecule has 110 valence electrons. The summed E-state index contributed by atoms with van der Waals surface area (Å²) in [6.07, 6.45) is 3.08. The minimum atomic E-state index is -0.398. The zero-order chi connectivity index (χ0) is 15.2. The lowest BCUT2D eigenvalue weighted by Crippen LogP contribution is -2.13. The molecule has 0 aliphatic heterocycles. The lowest BCUT2D eigenvalue weighted by atomic mass is 10.3. The molecule has 0 aliphatic rings. The van der Waals surface area contributed by atoms with Gasteiger partial charge in [-0.05, 0) is 30.3 Å². The normalized spacial score (nSPS) is 10.2. The van der Waals surface area contributed by atoms with Crippen LogP contribution < -0.4 is 9.47 Å². The number of benzene rings is 1. The van der Waals surface area contributed by atoms with E-state index in [-0.39, 0.29) is 0 Å². The molecule has 0 unspecified atom stereocenters. The van der Waals surface area contributed by atoms with Crippen LogP contribution in [0.1, 0.15) is 12.7 Å². The fourth-order valence-electron chi connectivity index (χ4n) is 1.78. The quantitative estimate of drug-likeness (QED) is 0.769. The van der Waals surface area contributed by atoms with Crippen LogP contribution in [0.5, 0.6) is 11.6 Å². The lowest BCUT2D eigenvalue weighted by Gasteiger charge is -2.11. The first-order chi connectivity index (χ1) is 10.1.